The number of nitrogens with one attached hydrogen (secondary N) is 1. The summed E-state index contributed by atoms with van der Waals surface area (Å²) in [5, 5.41) is 7.14. The number of rotatable bonds is 3. The number of nitrogens with zero attached hydrogens (tertiary/aromatic N) is 2. The van der Waals surface area contributed by atoms with Gasteiger partial charge in [-0.3, -0.25) is 9.48 Å². The Labute approximate surface area is 118 Å². The van der Waals surface area contributed by atoms with E-state index >= 15 is 0 Å². The molecule has 0 aliphatic heterocycles. The quantitative estimate of drug-likeness (QED) is 0.901. The van der Waals surface area contributed by atoms with Gasteiger partial charge < -0.3 is 11.1 Å². The Balaban J connectivity index is 2.30. The van der Waals surface area contributed by atoms with Crippen LogP contribution < -0.4 is 11.1 Å². The number of anilines is 2. The minimum Gasteiger partial charge on any atom is -0.395 e. The maximum Gasteiger partial charge on any atom is 0.276 e. The lowest BCUT2D eigenvalue weighted by Gasteiger charge is -2.08. The van der Waals surface area contributed by atoms with Crippen molar-refractivity contribution in [3.05, 3.63) is 40.7 Å². The van der Waals surface area contributed by atoms with Crippen molar-refractivity contribution >= 4 is 17.3 Å². The number of aromatic nitrogens is 2. The molecule has 5 heteroatoms. The van der Waals surface area contributed by atoms with Crippen molar-refractivity contribution < 1.29 is 4.79 Å². The van der Waals surface area contributed by atoms with Crippen molar-refractivity contribution in [1.82, 2.24) is 9.78 Å². The van der Waals surface area contributed by atoms with Gasteiger partial charge in [-0.15, -0.1) is 0 Å². The molecule has 3 N–H and O–H groups in total. The molecule has 1 aromatic carbocycles. The average molecular weight is 272 g/mol. The molecule has 0 saturated carbocycles. The van der Waals surface area contributed by atoms with Crippen LogP contribution in [0.15, 0.2) is 18.2 Å². The number of hydrogen-bond donors (Lipinski definition) is 2. The third-order valence-corrected chi connectivity index (χ3v) is 3.19. The molecule has 5 nitrogen and oxygen atoms in total. The summed E-state index contributed by atoms with van der Waals surface area (Å²) in [5.74, 6) is -0.234. The van der Waals surface area contributed by atoms with Crippen molar-refractivity contribution in [3.8, 4) is 0 Å². The second-order valence-electron chi connectivity index (χ2n) is 5.02. The number of nitrogens with two attached hydrogens (primary N) is 1. The van der Waals surface area contributed by atoms with E-state index in [9.17, 15) is 4.79 Å². The molecule has 1 heterocycles. The maximum absolute atomic E-state index is 12.4. The van der Waals surface area contributed by atoms with Crippen LogP contribution in [-0.4, -0.2) is 15.7 Å². The largest absolute Gasteiger partial charge is 0.395 e. The molecule has 0 aliphatic carbocycles. The van der Waals surface area contributed by atoms with E-state index in [0.717, 1.165) is 22.5 Å². The molecule has 0 atom stereocenters. The summed E-state index contributed by atoms with van der Waals surface area (Å²) in [6.45, 7) is 5.96. The van der Waals surface area contributed by atoms with Crippen molar-refractivity contribution in [2.45, 2.75) is 27.2 Å². The van der Waals surface area contributed by atoms with E-state index in [1.165, 1.54) is 4.68 Å². The third kappa shape index (κ3) is 2.66. The van der Waals surface area contributed by atoms with E-state index in [0.29, 0.717) is 17.8 Å². The van der Waals surface area contributed by atoms with Crippen LogP contribution in [0.5, 0.6) is 0 Å². The maximum atomic E-state index is 12.4. The van der Waals surface area contributed by atoms with Crippen molar-refractivity contribution in [3.63, 3.8) is 0 Å². The van der Waals surface area contributed by atoms with Gasteiger partial charge in [-0.25, -0.2) is 0 Å². The first kappa shape index (κ1) is 14.1. The highest BCUT2D eigenvalue weighted by molar-refractivity contribution is 6.06. The molecule has 20 heavy (non-hydrogen) atoms. The smallest absolute Gasteiger partial charge is 0.276 e. The topological polar surface area (TPSA) is 72.9 Å². The van der Waals surface area contributed by atoms with Crippen LogP contribution in [0.1, 0.15) is 34.2 Å². The van der Waals surface area contributed by atoms with Gasteiger partial charge in [0.2, 0.25) is 0 Å². The molecule has 0 radical (unpaired) electrons. The SMILES string of the molecule is CCc1nn(C)c(C(=O)Nc2cc(C)cc(C)c2)c1N. The van der Waals surface area contributed by atoms with Crippen LogP contribution in [-0.2, 0) is 13.5 Å². The van der Waals surface area contributed by atoms with Gasteiger partial charge in [0.1, 0.15) is 5.69 Å². The fraction of sp³-hybridized carbons (Fsp3) is 0.333. The molecule has 0 aliphatic rings. The van der Waals surface area contributed by atoms with Gasteiger partial charge in [0, 0.05) is 12.7 Å². The van der Waals surface area contributed by atoms with E-state index < -0.39 is 0 Å². The Morgan fingerprint density at radius 2 is 1.90 bits per heavy atom. The number of nitrogen functional groups attached to an aromatic ring is 1. The minimum atomic E-state index is -0.234. The molecule has 2 rings (SSSR count). The van der Waals surface area contributed by atoms with E-state index in [1.54, 1.807) is 7.05 Å². The first-order chi connectivity index (χ1) is 9.42. The lowest BCUT2D eigenvalue weighted by atomic mass is 10.1. The first-order valence-electron chi connectivity index (χ1n) is 6.63. The lowest BCUT2D eigenvalue weighted by Crippen LogP contribution is -2.17. The Bertz CT molecular complexity index is 638. The molecule has 0 spiro atoms. The lowest BCUT2D eigenvalue weighted by molar-refractivity contribution is 0.101. The number of carbonyl (C=O) groups is 1. The van der Waals surface area contributed by atoms with Crippen molar-refractivity contribution in [1.29, 1.82) is 0 Å². The van der Waals surface area contributed by atoms with Gasteiger partial charge in [0.05, 0.1) is 11.4 Å². The fourth-order valence-corrected chi connectivity index (χ4v) is 2.36. The molecule has 2 aromatic rings. The summed E-state index contributed by atoms with van der Waals surface area (Å²) in [4.78, 5) is 12.4. The predicted molar refractivity (Wildman–Crippen MR) is 80.9 cm³/mol. The Morgan fingerprint density at radius 1 is 1.30 bits per heavy atom. The summed E-state index contributed by atoms with van der Waals surface area (Å²) in [6.07, 6.45) is 0.705. The third-order valence-electron chi connectivity index (χ3n) is 3.19. The second-order valence-corrected chi connectivity index (χ2v) is 5.02. The number of benzene rings is 1. The molecular formula is C15H20N4O. The second kappa shape index (κ2) is 5.36. The first-order valence-corrected chi connectivity index (χ1v) is 6.63. The van der Waals surface area contributed by atoms with Gasteiger partial charge in [0.15, 0.2) is 0 Å². The molecule has 0 bridgehead atoms. The molecule has 1 aromatic heterocycles. The Kier molecular flexibility index (Phi) is 3.79. The van der Waals surface area contributed by atoms with Gasteiger partial charge in [-0.2, -0.15) is 5.10 Å². The predicted octanol–water partition coefficient (Wildman–Crippen LogP) is 2.43. The van der Waals surface area contributed by atoms with Crippen molar-refractivity contribution in [2.75, 3.05) is 11.1 Å². The van der Waals surface area contributed by atoms with Crippen molar-refractivity contribution in [2.24, 2.45) is 7.05 Å². The minimum absolute atomic E-state index is 0.234. The highest BCUT2D eigenvalue weighted by Gasteiger charge is 2.19. The zero-order valence-corrected chi connectivity index (χ0v) is 12.3. The summed E-state index contributed by atoms with van der Waals surface area (Å²) in [6, 6.07) is 5.92. The number of aryl methyl sites for hydroxylation is 4. The number of carbonyl (C=O) groups excluding carboxylic acids is 1. The van der Waals surface area contributed by atoms with Crippen LogP contribution in [0.2, 0.25) is 0 Å². The average Bonchev–Trinajstić information content (AvgIpc) is 2.62. The molecular weight excluding hydrogens is 252 g/mol. The Morgan fingerprint density at radius 3 is 2.40 bits per heavy atom. The Hall–Kier alpha value is -2.30. The standard InChI is InChI=1S/C15H20N4O/c1-5-12-13(16)14(19(4)18-12)15(20)17-11-7-9(2)6-10(3)8-11/h6-8H,5,16H2,1-4H3,(H,17,20). The number of hydrogen-bond acceptors (Lipinski definition) is 3. The monoisotopic (exact) mass is 272 g/mol. The molecule has 0 fully saturated rings. The molecule has 1 amide bonds. The molecule has 0 saturated heterocycles. The highest BCUT2D eigenvalue weighted by Crippen LogP contribution is 2.20. The van der Waals surface area contributed by atoms with Gasteiger partial charge in [0.25, 0.3) is 5.91 Å². The highest BCUT2D eigenvalue weighted by atomic mass is 16.2. The van der Waals surface area contributed by atoms with E-state index in [-0.39, 0.29) is 5.91 Å². The number of amides is 1. The summed E-state index contributed by atoms with van der Waals surface area (Å²) in [7, 11) is 1.73. The van der Waals surface area contributed by atoms with Crippen LogP contribution in [0.4, 0.5) is 11.4 Å². The van der Waals surface area contributed by atoms with Crippen LogP contribution in [0.25, 0.3) is 0 Å². The van der Waals surface area contributed by atoms with E-state index in [2.05, 4.69) is 16.5 Å². The summed E-state index contributed by atoms with van der Waals surface area (Å²) < 4.78 is 1.53. The zero-order valence-electron chi connectivity index (χ0n) is 12.3. The van der Waals surface area contributed by atoms with Crippen LogP contribution >= 0.6 is 0 Å². The summed E-state index contributed by atoms with van der Waals surface area (Å²) in [5.41, 5.74) is 10.6. The van der Waals surface area contributed by atoms with E-state index in [1.807, 2.05) is 32.9 Å². The van der Waals surface area contributed by atoms with Crippen LogP contribution in [0.3, 0.4) is 0 Å². The van der Waals surface area contributed by atoms with Crippen LogP contribution in [0, 0.1) is 13.8 Å². The zero-order chi connectivity index (χ0) is 14.9. The van der Waals surface area contributed by atoms with Gasteiger partial charge in [-0.05, 0) is 43.5 Å². The van der Waals surface area contributed by atoms with Gasteiger partial charge in [-0.1, -0.05) is 13.0 Å². The molecule has 106 valence electrons. The molecule has 0 unspecified atom stereocenters. The van der Waals surface area contributed by atoms with E-state index in [4.69, 9.17) is 5.73 Å². The fourth-order valence-electron chi connectivity index (χ4n) is 2.36. The summed E-state index contributed by atoms with van der Waals surface area (Å²) >= 11 is 0. The van der Waals surface area contributed by atoms with Gasteiger partial charge >= 0.3 is 0 Å². The normalized spacial score (nSPS) is 10.6.